The highest BCUT2D eigenvalue weighted by Crippen LogP contribution is 2.40. The van der Waals surface area contributed by atoms with Gasteiger partial charge in [-0.25, -0.2) is 4.99 Å². The molecule has 0 amide bonds. The molecule has 0 saturated carbocycles. The molecule has 2 aromatic carbocycles. The number of thiophene rings is 1. The van der Waals surface area contributed by atoms with E-state index < -0.39 is 0 Å². The fourth-order valence-corrected chi connectivity index (χ4v) is 4.27. The maximum atomic E-state index is 9.42. The summed E-state index contributed by atoms with van der Waals surface area (Å²) in [6.07, 6.45) is 5.18. The van der Waals surface area contributed by atoms with Crippen LogP contribution in [0.5, 0.6) is 0 Å². The topological polar surface area (TPSA) is 36.1 Å². The molecule has 0 atom stereocenters. The van der Waals surface area contributed by atoms with Crippen LogP contribution in [-0.2, 0) is 12.8 Å². The molecule has 0 spiro atoms. The molecule has 4 rings (SSSR count). The van der Waals surface area contributed by atoms with Crippen molar-refractivity contribution in [1.82, 2.24) is 0 Å². The minimum atomic E-state index is 0.786. The molecule has 106 valence electrons. The summed E-state index contributed by atoms with van der Waals surface area (Å²) < 4.78 is 0. The molecule has 0 N–H and O–H groups in total. The summed E-state index contributed by atoms with van der Waals surface area (Å²) in [5.41, 5.74) is 3.11. The van der Waals surface area contributed by atoms with Crippen molar-refractivity contribution in [3.63, 3.8) is 0 Å². The van der Waals surface area contributed by atoms with Crippen LogP contribution >= 0.6 is 11.3 Å². The molecule has 0 unspecified atom stereocenters. The van der Waals surface area contributed by atoms with Crippen LogP contribution in [0.1, 0.15) is 28.0 Å². The lowest BCUT2D eigenvalue weighted by atomic mass is 10.1. The van der Waals surface area contributed by atoms with Crippen LogP contribution < -0.4 is 0 Å². The van der Waals surface area contributed by atoms with Crippen molar-refractivity contribution in [2.75, 3.05) is 0 Å². The Hall–Kier alpha value is -2.44. The first kappa shape index (κ1) is 13.2. The Bertz CT molecular complexity index is 923. The second-order valence-electron chi connectivity index (χ2n) is 5.48. The van der Waals surface area contributed by atoms with Gasteiger partial charge in [-0.15, -0.1) is 11.3 Å². The maximum absolute atomic E-state index is 9.42. The fraction of sp³-hybridized carbons (Fsp3) is 0.158. The van der Waals surface area contributed by atoms with Crippen LogP contribution in [0.4, 0.5) is 5.00 Å². The zero-order valence-corrected chi connectivity index (χ0v) is 12.9. The maximum Gasteiger partial charge on any atom is 0.134 e. The van der Waals surface area contributed by atoms with Crippen LogP contribution in [0.3, 0.4) is 0 Å². The van der Waals surface area contributed by atoms with Gasteiger partial charge in [0, 0.05) is 16.7 Å². The molecule has 3 aromatic rings. The van der Waals surface area contributed by atoms with Crippen LogP contribution in [0.2, 0.25) is 0 Å². The van der Waals surface area contributed by atoms with Crippen molar-refractivity contribution in [3.05, 3.63) is 64.0 Å². The molecule has 1 heterocycles. The molecule has 0 saturated heterocycles. The Morgan fingerprint density at radius 1 is 1.09 bits per heavy atom. The zero-order chi connectivity index (χ0) is 14.9. The summed E-state index contributed by atoms with van der Waals surface area (Å²) in [6.45, 7) is 0. The third kappa shape index (κ3) is 2.13. The molecule has 0 fully saturated rings. The van der Waals surface area contributed by atoms with E-state index in [2.05, 4.69) is 35.3 Å². The second-order valence-corrected chi connectivity index (χ2v) is 6.56. The number of fused-ring (bicyclic) bond motifs is 2. The number of hydrogen-bond acceptors (Lipinski definition) is 3. The first-order chi connectivity index (χ1) is 10.9. The van der Waals surface area contributed by atoms with E-state index in [0.717, 1.165) is 29.0 Å². The highest BCUT2D eigenvalue weighted by Gasteiger charge is 2.21. The number of rotatable bonds is 2. The predicted molar refractivity (Wildman–Crippen MR) is 92.3 cm³/mol. The number of aliphatic imine (C=N–C) groups is 1. The van der Waals surface area contributed by atoms with E-state index in [1.807, 2.05) is 24.4 Å². The molecule has 0 aliphatic heterocycles. The van der Waals surface area contributed by atoms with Gasteiger partial charge in [0.2, 0.25) is 0 Å². The van der Waals surface area contributed by atoms with Gasteiger partial charge in [0.25, 0.3) is 0 Å². The summed E-state index contributed by atoms with van der Waals surface area (Å²) in [7, 11) is 0. The monoisotopic (exact) mass is 302 g/mol. The predicted octanol–water partition coefficient (Wildman–Crippen LogP) is 5.01. The van der Waals surface area contributed by atoms with Gasteiger partial charge in [-0.3, -0.25) is 0 Å². The quantitative estimate of drug-likeness (QED) is 0.613. The van der Waals surface area contributed by atoms with Crippen molar-refractivity contribution in [3.8, 4) is 6.07 Å². The number of aryl methyl sites for hydroxylation is 1. The number of hydrogen-bond donors (Lipinski definition) is 0. The SMILES string of the molecule is N#Cc1c(N=Cc2cccc3ccccc23)sc2c1CCC2. The van der Waals surface area contributed by atoms with Crippen molar-refractivity contribution in [2.24, 2.45) is 4.99 Å². The zero-order valence-electron chi connectivity index (χ0n) is 12.0. The van der Waals surface area contributed by atoms with E-state index in [1.54, 1.807) is 11.3 Å². The lowest BCUT2D eigenvalue weighted by Crippen LogP contribution is -1.84. The Morgan fingerprint density at radius 2 is 1.95 bits per heavy atom. The van der Waals surface area contributed by atoms with Gasteiger partial charge in [-0.1, -0.05) is 42.5 Å². The lowest BCUT2D eigenvalue weighted by molar-refractivity contribution is 0.913. The number of nitrogens with zero attached hydrogens (tertiary/aromatic N) is 2. The summed E-state index contributed by atoms with van der Waals surface area (Å²) in [4.78, 5) is 5.98. The third-order valence-corrected chi connectivity index (χ3v) is 5.36. The Kier molecular flexibility index (Phi) is 3.25. The smallest absolute Gasteiger partial charge is 0.134 e. The minimum Gasteiger partial charge on any atom is -0.244 e. The Balaban J connectivity index is 1.77. The second kappa shape index (κ2) is 5.40. The summed E-state index contributed by atoms with van der Waals surface area (Å²) >= 11 is 1.68. The van der Waals surface area contributed by atoms with Crippen molar-refractivity contribution in [2.45, 2.75) is 19.3 Å². The first-order valence-corrected chi connectivity index (χ1v) is 8.25. The Labute approximate surface area is 133 Å². The molecule has 2 nitrogen and oxygen atoms in total. The fourth-order valence-electron chi connectivity index (χ4n) is 3.09. The minimum absolute atomic E-state index is 0.786. The summed E-state index contributed by atoms with van der Waals surface area (Å²) in [6, 6.07) is 16.9. The molecule has 1 aromatic heterocycles. The average molecular weight is 302 g/mol. The van der Waals surface area contributed by atoms with Gasteiger partial charge in [0.05, 0.1) is 5.56 Å². The van der Waals surface area contributed by atoms with Gasteiger partial charge >= 0.3 is 0 Å². The van der Waals surface area contributed by atoms with Gasteiger partial charge in [-0.2, -0.15) is 5.26 Å². The Morgan fingerprint density at radius 3 is 2.86 bits per heavy atom. The van der Waals surface area contributed by atoms with Crippen molar-refractivity contribution < 1.29 is 0 Å². The normalized spacial score (nSPS) is 13.6. The molecular weight excluding hydrogens is 288 g/mol. The van der Waals surface area contributed by atoms with E-state index in [1.165, 1.54) is 27.6 Å². The molecule has 22 heavy (non-hydrogen) atoms. The van der Waals surface area contributed by atoms with Gasteiger partial charge < -0.3 is 0 Å². The van der Waals surface area contributed by atoms with E-state index in [9.17, 15) is 5.26 Å². The van der Waals surface area contributed by atoms with E-state index in [0.29, 0.717) is 0 Å². The highest BCUT2D eigenvalue weighted by atomic mass is 32.1. The van der Waals surface area contributed by atoms with Crippen molar-refractivity contribution in [1.29, 1.82) is 5.26 Å². The third-order valence-electron chi connectivity index (χ3n) is 4.16. The van der Waals surface area contributed by atoms with Crippen LogP contribution in [0.15, 0.2) is 47.5 Å². The molecule has 0 bridgehead atoms. The van der Waals surface area contributed by atoms with Crippen LogP contribution in [0, 0.1) is 11.3 Å². The molecule has 1 aliphatic rings. The molecule has 0 radical (unpaired) electrons. The van der Waals surface area contributed by atoms with Gasteiger partial charge in [-0.05, 0) is 35.6 Å². The highest BCUT2D eigenvalue weighted by molar-refractivity contribution is 7.16. The standard InChI is InChI=1S/C19H14N2S/c20-11-17-16-9-4-10-18(16)22-19(17)21-12-14-7-3-6-13-5-1-2-8-15(13)14/h1-3,5-8,12H,4,9-10H2. The average Bonchev–Trinajstić information content (AvgIpc) is 3.13. The number of nitriles is 1. The molecule has 3 heteroatoms. The van der Waals surface area contributed by atoms with E-state index in [-0.39, 0.29) is 0 Å². The van der Waals surface area contributed by atoms with Crippen LogP contribution in [-0.4, -0.2) is 6.21 Å². The summed E-state index contributed by atoms with van der Waals surface area (Å²) in [5.74, 6) is 0. The first-order valence-electron chi connectivity index (χ1n) is 7.43. The van der Waals surface area contributed by atoms with E-state index >= 15 is 0 Å². The van der Waals surface area contributed by atoms with Gasteiger partial charge in [0.15, 0.2) is 0 Å². The van der Waals surface area contributed by atoms with Gasteiger partial charge in [0.1, 0.15) is 11.1 Å². The van der Waals surface area contributed by atoms with Crippen LogP contribution in [0.25, 0.3) is 10.8 Å². The van der Waals surface area contributed by atoms with Crippen molar-refractivity contribution >= 4 is 33.3 Å². The molecular formula is C19H14N2S. The molecule has 1 aliphatic carbocycles. The lowest BCUT2D eigenvalue weighted by Gasteiger charge is -2.01. The number of benzene rings is 2. The largest absolute Gasteiger partial charge is 0.244 e. The summed E-state index contributed by atoms with van der Waals surface area (Å²) in [5, 5.41) is 12.7. The van der Waals surface area contributed by atoms with E-state index in [4.69, 9.17) is 0 Å².